The van der Waals surface area contributed by atoms with E-state index in [4.69, 9.17) is 16.7 Å². The van der Waals surface area contributed by atoms with Gasteiger partial charge in [0.25, 0.3) is 5.91 Å². The molecule has 0 bridgehead atoms. The van der Waals surface area contributed by atoms with Gasteiger partial charge in [0.05, 0.1) is 24.1 Å². The Kier molecular flexibility index (Phi) is 4.99. The van der Waals surface area contributed by atoms with Gasteiger partial charge in [0.1, 0.15) is 0 Å². The molecule has 0 fully saturated rings. The molecular weight excluding hydrogens is 290 g/mol. The van der Waals surface area contributed by atoms with Crippen molar-refractivity contribution in [2.75, 3.05) is 11.9 Å². The highest BCUT2D eigenvalue weighted by atomic mass is 35.5. The topological polar surface area (TPSA) is 67.2 Å². The Hall–Kier alpha value is -2.29. The van der Waals surface area contributed by atoms with Crippen LogP contribution in [0.1, 0.15) is 22.3 Å². The first-order valence-corrected chi connectivity index (χ1v) is 6.67. The van der Waals surface area contributed by atoms with Crippen LogP contribution in [0.15, 0.2) is 30.6 Å². The lowest BCUT2D eigenvalue weighted by atomic mass is 10.1. The number of nitrogens with zero attached hydrogens (tertiary/aromatic N) is 2. The molecule has 1 aromatic heterocycles. The van der Waals surface area contributed by atoms with Crippen molar-refractivity contribution in [1.29, 1.82) is 0 Å². The summed E-state index contributed by atoms with van der Waals surface area (Å²) in [6.45, 7) is -0.00899. The van der Waals surface area contributed by atoms with E-state index in [1.807, 2.05) is 0 Å². The van der Waals surface area contributed by atoms with Crippen molar-refractivity contribution in [3.8, 4) is 11.8 Å². The van der Waals surface area contributed by atoms with Crippen molar-refractivity contribution in [2.24, 2.45) is 7.05 Å². The minimum absolute atomic E-state index is 0.00899. The molecule has 108 valence electrons. The maximum absolute atomic E-state index is 12.1. The quantitative estimate of drug-likeness (QED) is 0.853. The van der Waals surface area contributed by atoms with Crippen molar-refractivity contribution < 1.29 is 9.90 Å². The molecule has 0 unspecified atom stereocenters. The Balaban J connectivity index is 2.23. The van der Waals surface area contributed by atoms with E-state index in [0.29, 0.717) is 28.3 Å². The van der Waals surface area contributed by atoms with Gasteiger partial charge >= 0.3 is 0 Å². The molecule has 0 radical (unpaired) electrons. The predicted octanol–water partition coefficient (Wildman–Crippen LogP) is 2.06. The molecule has 6 heteroatoms. The van der Waals surface area contributed by atoms with E-state index < -0.39 is 0 Å². The smallest absolute Gasteiger partial charge is 0.258 e. The predicted molar refractivity (Wildman–Crippen MR) is 81.2 cm³/mol. The number of aliphatic hydroxyl groups excluding tert-OH is 1. The number of aromatic nitrogens is 2. The van der Waals surface area contributed by atoms with Gasteiger partial charge in [-0.15, -0.1) is 0 Å². The second-order valence-corrected chi connectivity index (χ2v) is 4.76. The number of halogens is 1. The van der Waals surface area contributed by atoms with E-state index in [1.165, 1.54) is 6.20 Å². The van der Waals surface area contributed by atoms with Crippen LogP contribution in [-0.2, 0) is 7.05 Å². The third kappa shape index (κ3) is 4.09. The van der Waals surface area contributed by atoms with Crippen molar-refractivity contribution in [2.45, 2.75) is 6.42 Å². The summed E-state index contributed by atoms with van der Waals surface area (Å²) in [5.41, 5.74) is 1.63. The Morgan fingerprint density at radius 1 is 1.52 bits per heavy atom. The third-order valence-electron chi connectivity index (χ3n) is 2.66. The fraction of sp³-hybridized carbons (Fsp3) is 0.200. The van der Waals surface area contributed by atoms with Crippen LogP contribution in [0.25, 0.3) is 0 Å². The van der Waals surface area contributed by atoms with E-state index in [1.54, 1.807) is 36.1 Å². The SMILES string of the molecule is Cn1cc(C(=O)Nc2ccc(Cl)cc2C#CCCO)cn1. The lowest BCUT2D eigenvalue weighted by Gasteiger charge is -2.06. The van der Waals surface area contributed by atoms with Crippen LogP contribution in [0, 0.1) is 11.8 Å². The van der Waals surface area contributed by atoms with Crippen LogP contribution >= 0.6 is 11.6 Å². The Bertz CT molecular complexity index is 713. The van der Waals surface area contributed by atoms with Gasteiger partial charge < -0.3 is 10.4 Å². The number of carbonyl (C=O) groups is 1. The summed E-state index contributed by atoms with van der Waals surface area (Å²) >= 11 is 5.94. The van der Waals surface area contributed by atoms with Crippen molar-refractivity contribution in [1.82, 2.24) is 9.78 Å². The number of benzene rings is 1. The van der Waals surface area contributed by atoms with Crippen LogP contribution in [0.5, 0.6) is 0 Å². The average molecular weight is 304 g/mol. The molecule has 2 N–H and O–H groups in total. The summed E-state index contributed by atoms with van der Waals surface area (Å²) in [5, 5.41) is 16.0. The zero-order chi connectivity index (χ0) is 15.2. The molecule has 21 heavy (non-hydrogen) atoms. The van der Waals surface area contributed by atoms with E-state index in [2.05, 4.69) is 22.3 Å². The molecule has 1 amide bonds. The van der Waals surface area contributed by atoms with E-state index in [9.17, 15) is 4.79 Å². The monoisotopic (exact) mass is 303 g/mol. The summed E-state index contributed by atoms with van der Waals surface area (Å²) in [6.07, 6.45) is 3.48. The molecule has 0 aliphatic rings. The molecular formula is C15H14ClN3O2. The normalized spacial score (nSPS) is 9.86. The summed E-state index contributed by atoms with van der Waals surface area (Å²) < 4.78 is 1.55. The number of hydrogen-bond acceptors (Lipinski definition) is 3. The van der Waals surface area contributed by atoms with Crippen molar-refractivity contribution in [3.05, 3.63) is 46.7 Å². The largest absolute Gasteiger partial charge is 0.395 e. The molecule has 2 aromatic rings. The Morgan fingerprint density at radius 3 is 3.00 bits per heavy atom. The molecule has 0 aliphatic heterocycles. The second-order valence-electron chi connectivity index (χ2n) is 4.32. The summed E-state index contributed by atoms with van der Waals surface area (Å²) in [7, 11) is 1.74. The fourth-order valence-electron chi connectivity index (χ4n) is 1.68. The Morgan fingerprint density at radius 2 is 2.33 bits per heavy atom. The lowest BCUT2D eigenvalue weighted by Crippen LogP contribution is -2.12. The van der Waals surface area contributed by atoms with Crippen LogP contribution in [0.2, 0.25) is 5.02 Å². The first-order chi connectivity index (χ1) is 10.1. The van der Waals surface area contributed by atoms with Crippen LogP contribution < -0.4 is 5.32 Å². The molecule has 0 saturated carbocycles. The first kappa shape index (κ1) is 15.1. The minimum Gasteiger partial charge on any atom is -0.395 e. The zero-order valence-electron chi connectivity index (χ0n) is 11.4. The van der Waals surface area contributed by atoms with Crippen molar-refractivity contribution >= 4 is 23.2 Å². The first-order valence-electron chi connectivity index (χ1n) is 6.29. The molecule has 0 saturated heterocycles. The Labute approximate surface area is 127 Å². The van der Waals surface area contributed by atoms with Gasteiger partial charge in [-0.25, -0.2) is 0 Å². The zero-order valence-corrected chi connectivity index (χ0v) is 12.2. The number of amides is 1. The lowest BCUT2D eigenvalue weighted by molar-refractivity contribution is 0.102. The third-order valence-corrected chi connectivity index (χ3v) is 2.89. The highest BCUT2D eigenvalue weighted by molar-refractivity contribution is 6.30. The number of hydrogen-bond donors (Lipinski definition) is 2. The molecule has 1 heterocycles. The van der Waals surface area contributed by atoms with Gasteiger partial charge in [-0.2, -0.15) is 5.10 Å². The second kappa shape index (κ2) is 6.93. The molecule has 0 atom stereocenters. The standard InChI is InChI=1S/C15H14ClN3O2/c1-19-10-12(9-17-19)15(21)18-14-6-5-13(16)8-11(14)4-2-3-7-20/h5-6,8-10,20H,3,7H2,1H3,(H,18,21). The summed E-state index contributed by atoms with van der Waals surface area (Å²) in [6, 6.07) is 5.04. The summed E-state index contributed by atoms with van der Waals surface area (Å²) in [4.78, 5) is 12.1. The van der Waals surface area contributed by atoms with E-state index in [0.717, 1.165) is 0 Å². The van der Waals surface area contributed by atoms with Crippen molar-refractivity contribution in [3.63, 3.8) is 0 Å². The number of nitrogens with one attached hydrogen (secondary N) is 1. The molecule has 2 rings (SSSR count). The average Bonchev–Trinajstić information content (AvgIpc) is 2.88. The van der Waals surface area contributed by atoms with Gasteiger partial charge in [-0.1, -0.05) is 23.4 Å². The molecule has 1 aromatic carbocycles. The molecule has 5 nitrogen and oxygen atoms in total. The van der Waals surface area contributed by atoms with Gasteiger partial charge in [0.2, 0.25) is 0 Å². The molecule has 0 spiro atoms. The van der Waals surface area contributed by atoms with Gasteiger partial charge in [-0.3, -0.25) is 9.48 Å². The maximum Gasteiger partial charge on any atom is 0.258 e. The van der Waals surface area contributed by atoms with Crippen LogP contribution in [-0.4, -0.2) is 27.4 Å². The van der Waals surface area contributed by atoms with Crippen LogP contribution in [0.4, 0.5) is 5.69 Å². The molecule has 0 aliphatic carbocycles. The highest BCUT2D eigenvalue weighted by Crippen LogP contribution is 2.20. The van der Waals surface area contributed by atoms with Gasteiger partial charge in [0.15, 0.2) is 0 Å². The summed E-state index contributed by atoms with van der Waals surface area (Å²) in [5.74, 6) is 5.43. The number of aliphatic hydroxyl groups is 1. The number of rotatable bonds is 3. The number of aryl methyl sites for hydroxylation is 1. The van der Waals surface area contributed by atoms with Gasteiger partial charge in [-0.05, 0) is 18.2 Å². The number of carbonyl (C=O) groups excluding carboxylic acids is 1. The highest BCUT2D eigenvalue weighted by Gasteiger charge is 2.10. The number of anilines is 1. The van der Waals surface area contributed by atoms with Gasteiger partial charge in [0, 0.05) is 30.3 Å². The van der Waals surface area contributed by atoms with E-state index >= 15 is 0 Å². The fourth-order valence-corrected chi connectivity index (χ4v) is 1.85. The maximum atomic E-state index is 12.1. The van der Waals surface area contributed by atoms with E-state index in [-0.39, 0.29) is 12.5 Å². The minimum atomic E-state index is -0.268. The van der Waals surface area contributed by atoms with Crippen LogP contribution in [0.3, 0.4) is 0 Å².